The van der Waals surface area contributed by atoms with Crippen molar-refractivity contribution in [2.45, 2.75) is 41.5 Å². The Bertz CT molecular complexity index is 719. The lowest BCUT2D eigenvalue weighted by atomic mass is 10.1. The van der Waals surface area contributed by atoms with Gasteiger partial charge < -0.3 is 5.32 Å². The van der Waals surface area contributed by atoms with Crippen LogP contribution in [0.15, 0.2) is 23.1 Å². The number of hydrogen-bond donors (Lipinski definition) is 1. The van der Waals surface area contributed by atoms with Crippen molar-refractivity contribution in [2.24, 2.45) is 0 Å². The summed E-state index contributed by atoms with van der Waals surface area (Å²) in [5, 5.41) is 2.44. The molecule has 21 heavy (non-hydrogen) atoms. The summed E-state index contributed by atoms with van der Waals surface area (Å²) >= 11 is 0. The minimum Gasteiger partial charge on any atom is -0.324 e. The fourth-order valence-corrected chi connectivity index (χ4v) is 5.27. The van der Waals surface area contributed by atoms with Gasteiger partial charge >= 0.3 is 6.18 Å². The van der Waals surface area contributed by atoms with E-state index in [2.05, 4.69) is 5.32 Å². The molecule has 0 radical (unpaired) electrons. The molecule has 1 N–H and O–H groups in total. The Morgan fingerprint density at radius 2 is 1.76 bits per heavy atom. The molecule has 2 aliphatic rings. The van der Waals surface area contributed by atoms with Gasteiger partial charge in [0.05, 0.1) is 16.1 Å². The minimum absolute atomic E-state index is 0.0782. The zero-order valence-corrected chi connectivity index (χ0v) is 11.6. The molecule has 4 nitrogen and oxygen atoms in total. The van der Waals surface area contributed by atoms with Crippen LogP contribution >= 0.6 is 0 Å². The zero-order valence-electron chi connectivity index (χ0n) is 10.8. The van der Waals surface area contributed by atoms with Crippen LogP contribution in [0.2, 0.25) is 0 Å². The molecule has 0 bridgehead atoms. The fourth-order valence-electron chi connectivity index (χ4n) is 3.03. The highest BCUT2D eigenvalue weighted by atomic mass is 32.2. The Kier molecular flexibility index (Phi) is 2.89. The van der Waals surface area contributed by atoms with E-state index in [4.69, 9.17) is 0 Å². The molecule has 1 fully saturated rings. The highest BCUT2D eigenvalue weighted by Gasteiger charge is 2.56. The van der Waals surface area contributed by atoms with Gasteiger partial charge in [-0.15, -0.1) is 0 Å². The number of halogens is 3. The first kappa shape index (κ1) is 14.4. The molecule has 0 unspecified atom stereocenters. The zero-order chi connectivity index (χ0) is 15.5. The smallest absolute Gasteiger partial charge is 0.324 e. The first-order valence-electron chi connectivity index (χ1n) is 6.46. The minimum atomic E-state index is -4.63. The summed E-state index contributed by atoms with van der Waals surface area (Å²) in [6.07, 6.45) is -3.19. The number of hydrogen-bond acceptors (Lipinski definition) is 3. The normalized spacial score (nSPS) is 22.9. The summed E-state index contributed by atoms with van der Waals surface area (Å²) in [5.41, 5.74) is -1.11. The van der Waals surface area contributed by atoms with Gasteiger partial charge in [-0.25, -0.2) is 8.42 Å². The van der Waals surface area contributed by atoms with Crippen LogP contribution in [0.1, 0.15) is 31.2 Å². The van der Waals surface area contributed by atoms with Gasteiger partial charge in [0.25, 0.3) is 0 Å². The number of benzene rings is 1. The van der Waals surface area contributed by atoms with Crippen LogP contribution in [0.3, 0.4) is 0 Å². The second-order valence-electron chi connectivity index (χ2n) is 5.37. The molecule has 1 spiro atoms. The number of sulfone groups is 1. The van der Waals surface area contributed by atoms with Crippen LogP contribution in [0, 0.1) is 0 Å². The lowest BCUT2D eigenvalue weighted by Crippen LogP contribution is -2.50. The van der Waals surface area contributed by atoms with Crippen LogP contribution < -0.4 is 5.32 Å². The van der Waals surface area contributed by atoms with E-state index < -0.39 is 37.1 Å². The van der Waals surface area contributed by atoms with E-state index in [-0.39, 0.29) is 18.5 Å². The topological polar surface area (TPSA) is 63.2 Å². The third kappa shape index (κ3) is 1.88. The Hall–Kier alpha value is -1.57. The summed E-state index contributed by atoms with van der Waals surface area (Å²) in [4.78, 5) is 11.7. The highest BCUT2D eigenvalue weighted by Crippen LogP contribution is 2.47. The van der Waals surface area contributed by atoms with E-state index in [1.165, 1.54) is 0 Å². The van der Waals surface area contributed by atoms with Gasteiger partial charge in [-0.3, -0.25) is 4.79 Å². The lowest BCUT2D eigenvalue weighted by molar-refractivity contribution is -0.137. The predicted octanol–water partition coefficient (Wildman–Crippen LogP) is 2.74. The Morgan fingerprint density at radius 3 is 2.33 bits per heavy atom. The first-order chi connectivity index (χ1) is 9.68. The average molecular weight is 319 g/mol. The standard InChI is InChI=1S/C13H12F3NO3S/c14-13(15,16)8-3-4-9-10(7-8)21(19,20)12(11(18)17-9)5-1-2-6-12/h3-4,7H,1-2,5-6H2,(H,17,18). The molecule has 0 aromatic heterocycles. The molecule has 0 saturated heterocycles. The van der Waals surface area contributed by atoms with Crippen molar-refractivity contribution >= 4 is 21.4 Å². The van der Waals surface area contributed by atoms with E-state index in [1.54, 1.807) is 0 Å². The van der Waals surface area contributed by atoms with Gasteiger partial charge in [0.1, 0.15) is 0 Å². The van der Waals surface area contributed by atoms with Crippen LogP contribution in [0.5, 0.6) is 0 Å². The highest BCUT2D eigenvalue weighted by molar-refractivity contribution is 7.94. The van der Waals surface area contributed by atoms with Crippen molar-refractivity contribution in [3.05, 3.63) is 23.8 Å². The molecule has 1 saturated carbocycles. The molecule has 1 aliphatic heterocycles. The summed E-state index contributed by atoms with van der Waals surface area (Å²) in [7, 11) is -4.13. The molecule has 1 amide bonds. The number of amides is 1. The fraction of sp³-hybridized carbons (Fsp3) is 0.462. The van der Waals surface area contributed by atoms with Crippen molar-refractivity contribution in [3.8, 4) is 0 Å². The maximum Gasteiger partial charge on any atom is 0.416 e. The number of carbonyl (C=O) groups excluding carboxylic acids is 1. The number of alkyl halides is 3. The largest absolute Gasteiger partial charge is 0.416 e. The number of rotatable bonds is 0. The van der Waals surface area contributed by atoms with E-state index >= 15 is 0 Å². The number of fused-ring (bicyclic) bond motifs is 1. The molecule has 114 valence electrons. The summed E-state index contributed by atoms with van der Waals surface area (Å²) < 4.78 is 62.1. The second-order valence-corrected chi connectivity index (χ2v) is 7.60. The van der Waals surface area contributed by atoms with Gasteiger partial charge in [0.15, 0.2) is 14.6 Å². The third-order valence-electron chi connectivity index (χ3n) is 4.19. The second kappa shape index (κ2) is 4.22. The Balaban J connectivity index is 2.23. The van der Waals surface area contributed by atoms with E-state index in [0.29, 0.717) is 18.9 Å². The van der Waals surface area contributed by atoms with Crippen molar-refractivity contribution in [2.75, 3.05) is 5.32 Å². The van der Waals surface area contributed by atoms with Crippen LogP contribution in [0.4, 0.5) is 18.9 Å². The maximum atomic E-state index is 12.8. The molecule has 0 atom stereocenters. The number of nitrogens with one attached hydrogen (secondary N) is 1. The summed E-state index contributed by atoms with van der Waals surface area (Å²) in [6.45, 7) is 0. The SMILES string of the molecule is O=C1Nc2ccc(C(F)(F)F)cc2S(=O)(=O)C12CCCC2. The molecule has 8 heteroatoms. The maximum absolute atomic E-state index is 12.8. The average Bonchev–Trinajstić information content (AvgIpc) is 2.87. The predicted molar refractivity (Wildman–Crippen MR) is 68.5 cm³/mol. The number of carbonyl (C=O) groups is 1. The van der Waals surface area contributed by atoms with Crippen molar-refractivity contribution < 1.29 is 26.4 Å². The molecule has 1 aromatic carbocycles. The summed E-state index contributed by atoms with van der Waals surface area (Å²) in [6, 6.07) is 2.38. The van der Waals surface area contributed by atoms with Gasteiger partial charge in [-0.05, 0) is 31.0 Å². The first-order valence-corrected chi connectivity index (χ1v) is 7.94. The number of anilines is 1. The molecule has 1 aromatic rings. The van der Waals surface area contributed by atoms with Crippen LogP contribution in [-0.4, -0.2) is 19.1 Å². The van der Waals surface area contributed by atoms with Gasteiger partial charge in [-0.1, -0.05) is 12.8 Å². The quantitative estimate of drug-likeness (QED) is 0.800. The van der Waals surface area contributed by atoms with Crippen LogP contribution in [0.25, 0.3) is 0 Å². The van der Waals surface area contributed by atoms with E-state index in [0.717, 1.165) is 12.1 Å². The molecule has 3 rings (SSSR count). The molecule has 1 heterocycles. The van der Waals surface area contributed by atoms with Gasteiger partial charge in [-0.2, -0.15) is 13.2 Å². The van der Waals surface area contributed by atoms with Crippen LogP contribution in [-0.2, 0) is 20.8 Å². The van der Waals surface area contributed by atoms with Crippen molar-refractivity contribution in [3.63, 3.8) is 0 Å². The van der Waals surface area contributed by atoms with Gasteiger partial charge in [0.2, 0.25) is 5.91 Å². The Labute approximate surface area is 119 Å². The van der Waals surface area contributed by atoms with Crippen molar-refractivity contribution in [1.82, 2.24) is 0 Å². The lowest BCUT2D eigenvalue weighted by Gasteiger charge is -2.33. The molecular formula is C13H12F3NO3S. The van der Waals surface area contributed by atoms with Crippen molar-refractivity contribution in [1.29, 1.82) is 0 Å². The van der Waals surface area contributed by atoms with Gasteiger partial charge in [0, 0.05) is 0 Å². The van der Waals surface area contributed by atoms with E-state index in [1.807, 2.05) is 0 Å². The van der Waals surface area contributed by atoms with E-state index in [9.17, 15) is 26.4 Å². The molecule has 1 aliphatic carbocycles. The third-order valence-corrected chi connectivity index (χ3v) is 6.73. The monoisotopic (exact) mass is 319 g/mol. The molecular weight excluding hydrogens is 307 g/mol. The Morgan fingerprint density at radius 1 is 1.14 bits per heavy atom. The summed E-state index contributed by atoms with van der Waals surface area (Å²) in [5.74, 6) is -0.632.